The summed E-state index contributed by atoms with van der Waals surface area (Å²) in [6, 6.07) is 47.6. The number of carbonyl (C=O) groups is 4. The number of carbonyl (C=O) groups excluding carboxylic acids is 4. The highest BCUT2D eigenvalue weighted by atomic mass is 32.2. The number of rotatable bonds is 15. The van der Waals surface area contributed by atoms with E-state index in [0.29, 0.717) is 0 Å². The molecule has 0 aromatic heterocycles. The maximum Gasteiger partial charge on any atom is 0.338 e. The minimum absolute atomic E-state index is 0.0377. The summed E-state index contributed by atoms with van der Waals surface area (Å²) in [6.45, 7) is 3.19. The van der Waals surface area contributed by atoms with Crippen molar-refractivity contribution in [2.45, 2.75) is 32.2 Å². The van der Waals surface area contributed by atoms with Gasteiger partial charge >= 0.3 is 17.9 Å². The van der Waals surface area contributed by atoms with Crippen LogP contribution in [0.3, 0.4) is 0 Å². The molecule has 0 spiro atoms. The third-order valence-corrected chi connectivity index (χ3v) is 9.27. The van der Waals surface area contributed by atoms with Gasteiger partial charge < -0.3 is 14.2 Å². The Balaban J connectivity index is 0.00000315. The molecule has 0 bridgehead atoms. The van der Waals surface area contributed by atoms with Gasteiger partial charge in [-0.2, -0.15) is 8.42 Å². The van der Waals surface area contributed by atoms with Gasteiger partial charge in [-0.15, -0.1) is 0 Å². The Morgan fingerprint density at radius 1 is 0.500 bits per heavy atom. The second kappa shape index (κ2) is 20.5. The summed E-state index contributed by atoms with van der Waals surface area (Å²) >= 11 is 0. The SMILES string of the molecule is CC.CS(=O)(=O)O[C@@H](COC(=O)c1ccc(-c2ccccc2)cc1)C(OC(=O)c1ccc(-c2ccccc2)cc1)[C@@H](C=O)OC(=O)c1ccc(-c2ccccc2)cc1. The molecule has 1 unspecified atom stereocenters. The molecule has 0 N–H and O–H groups in total. The second-order valence-corrected chi connectivity index (χ2v) is 14.2. The molecule has 0 aliphatic heterocycles. The van der Waals surface area contributed by atoms with Crippen LogP contribution in [-0.4, -0.2) is 63.8 Å². The minimum atomic E-state index is -4.35. The molecule has 0 aliphatic carbocycles. The lowest BCUT2D eigenvalue weighted by molar-refractivity contribution is -0.128. The van der Waals surface area contributed by atoms with E-state index in [9.17, 15) is 27.6 Å². The number of aldehydes is 1. The number of hydrogen-bond donors (Lipinski definition) is 0. The summed E-state index contributed by atoms with van der Waals surface area (Å²) in [5.41, 5.74) is 5.42. The van der Waals surface area contributed by atoms with Gasteiger partial charge in [-0.1, -0.05) is 141 Å². The first-order chi connectivity index (χ1) is 28.1. The van der Waals surface area contributed by atoms with Crippen LogP contribution in [0.4, 0.5) is 0 Å². The highest BCUT2D eigenvalue weighted by Gasteiger charge is 2.40. The standard InChI is InChI=1S/C45H36O10S.C2H6/c1-56(50,51)55-41(30-52-43(47)37-23-17-34(18-24-37)31-11-5-2-6-12-31)42(54-45(49)39-27-21-36(22-28-39)33-15-9-4-10-16-33)40(29-46)53-44(48)38-25-19-35(20-26-38)32-13-7-3-8-14-32;1-2/h2-29,40-42H,30H2,1H3;1-2H3/t40-,41+,42?;/m1./s1. The van der Waals surface area contributed by atoms with Crippen molar-refractivity contribution in [2.75, 3.05) is 12.9 Å². The lowest BCUT2D eigenvalue weighted by Gasteiger charge is -2.29. The molecular formula is C47H42O10S. The molecule has 0 heterocycles. The molecule has 0 radical (unpaired) electrons. The van der Waals surface area contributed by atoms with Crippen LogP contribution in [0.25, 0.3) is 33.4 Å². The van der Waals surface area contributed by atoms with E-state index < -0.39 is 52.9 Å². The number of hydrogen-bond acceptors (Lipinski definition) is 10. The average Bonchev–Trinajstić information content (AvgIpc) is 3.27. The molecule has 6 aromatic carbocycles. The van der Waals surface area contributed by atoms with Crippen molar-refractivity contribution in [3.8, 4) is 33.4 Å². The van der Waals surface area contributed by atoms with Gasteiger partial charge in [-0.25, -0.2) is 14.4 Å². The number of benzene rings is 6. The fourth-order valence-electron chi connectivity index (χ4n) is 5.84. The first-order valence-electron chi connectivity index (χ1n) is 18.5. The summed E-state index contributed by atoms with van der Waals surface area (Å²) in [4.78, 5) is 52.9. The Morgan fingerprint density at radius 3 is 1.17 bits per heavy atom. The average molecular weight is 799 g/mol. The Bertz CT molecular complexity index is 2370. The smallest absolute Gasteiger partial charge is 0.338 e. The van der Waals surface area contributed by atoms with Crippen molar-refractivity contribution < 1.29 is 46.0 Å². The summed E-state index contributed by atoms with van der Waals surface area (Å²) in [5, 5.41) is 0. The maximum atomic E-state index is 13.6. The summed E-state index contributed by atoms with van der Waals surface area (Å²) < 4.78 is 47.2. The lowest BCUT2D eigenvalue weighted by atomic mass is 10.0. The van der Waals surface area contributed by atoms with Gasteiger partial charge in [-0.05, 0) is 69.8 Å². The van der Waals surface area contributed by atoms with Crippen LogP contribution in [0.1, 0.15) is 44.9 Å². The highest BCUT2D eigenvalue weighted by Crippen LogP contribution is 2.24. The van der Waals surface area contributed by atoms with Gasteiger partial charge in [-0.3, -0.25) is 8.98 Å². The quantitative estimate of drug-likeness (QED) is 0.0428. The van der Waals surface area contributed by atoms with Gasteiger partial charge in [0, 0.05) is 0 Å². The molecule has 3 atom stereocenters. The molecule has 58 heavy (non-hydrogen) atoms. The Hall–Kier alpha value is -6.69. The van der Waals surface area contributed by atoms with E-state index in [4.69, 9.17) is 18.4 Å². The third kappa shape index (κ3) is 11.7. The van der Waals surface area contributed by atoms with Crippen molar-refractivity contribution in [1.82, 2.24) is 0 Å². The van der Waals surface area contributed by atoms with Crippen molar-refractivity contribution >= 4 is 34.3 Å². The van der Waals surface area contributed by atoms with Crippen molar-refractivity contribution in [1.29, 1.82) is 0 Å². The van der Waals surface area contributed by atoms with Gasteiger partial charge in [0.25, 0.3) is 10.1 Å². The Labute approximate surface area is 338 Å². The predicted octanol–water partition coefficient (Wildman–Crippen LogP) is 8.87. The number of esters is 3. The fourth-order valence-corrected chi connectivity index (χ4v) is 6.46. The zero-order chi connectivity index (χ0) is 41.5. The Morgan fingerprint density at radius 2 is 0.828 bits per heavy atom. The fraction of sp³-hybridized carbons (Fsp3) is 0.149. The largest absolute Gasteiger partial charge is 0.459 e. The van der Waals surface area contributed by atoms with Crippen molar-refractivity contribution in [3.63, 3.8) is 0 Å². The van der Waals surface area contributed by atoms with E-state index in [-0.39, 0.29) is 23.0 Å². The molecule has 10 nitrogen and oxygen atoms in total. The summed E-state index contributed by atoms with van der Waals surface area (Å²) in [7, 11) is -4.35. The van der Waals surface area contributed by atoms with E-state index in [1.165, 1.54) is 36.4 Å². The molecule has 0 fully saturated rings. The van der Waals surface area contributed by atoms with Crippen molar-refractivity contribution in [3.05, 3.63) is 180 Å². The molecule has 296 valence electrons. The Kier molecular flexibility index (Phi) is 15.0. The first kappa shape index (κ1) is 42.5. The normalized spacial score (nSPS) is 12.4. The first-order valence-corrected chi connectivity index (χ1v) is 20.3. The predicted molar refractivity (Wildman–Crippen MR) is 221 cm³/mol. The van der Waals surface area contributed by atoms with E-state index in [1.54, 1.807) is 36.4 Å². The zero-order valence-electron chi connectivity index (χ0n) is 32.1. The van der Waals surface area contributed by atoms with E-state index in [2.05, 4.69) is 0 Å². The van der Waals surface area contributed by atoms with Crippen LogP contribution < -0.4 is 0 Å². The van der Waals surface area contributed by atoms with Crippen LogP contribution >= 0.6 is 0 Å². The lowest BCUT2D eigenvalue weighted by Crippen LogP contribution is -2.48. The van der Waals surface area contributed by atoms with Crippen LogP contribution in [0.5, 0.6) is 0 Å². The van der Waals surface area contributed by atoms with E-state index in [0.717, 1.165) is 39.6 Å². The van der Waals surface area contributed by atoms with E-state index in [1.807, 2.05) is 105 Å². The van der Waals surface area contributed by atoms with E-state index >= 15 is 0 Å². The molecule has 11 heteroatoms. The minimum Gasteiger partial charge on any atom is -0.459 e. The summed E-state index contributed by atoms with van der Waals surface area (Å²) in [6.07, 6.45) is -4.70. The second-order valence-electron chi connectivity index (χ2n) is 12.6. The van der Waals surface area contributed by atoms with Gasteiger partial charge in [0.2, 0.25) is 0 Å². The molecule has 0 aliphatic rings. The number of ether oxygens (including phenoxy) is 3. The molecule has 0 saturated heterocycles. The molecule has 0 saturated carbocycles. The highest BCUT2D eigenvalue weighted by molar-refractivity contribution is 7.86. The van der Waals surface area contributed by atoms with Gasteiger partial charge in [0.15, 0.2) is 24.6 Å². The zero-order valence-corrected chi connectivity index (χ0v) is 32.9. The van der Waals surface area contributed by atoms with Crippen LogP contribution in [0, 0.1) is 0 Å². The maximum absolute atomic E-state index is 13.6. The third-order valence-electron chi connectivity index (χ3n) is 8.67. The van der Waals surface area contributed by atoms with Crippen molar-refractivity contribution in [2.24, 2.45) is 0 Å². The molecule has 0 amide bonds. The van der Waals surface area contributed by atoms with Gasteiger partial charge in [0.05, 0.1) is 22.9 Å². The molecule has 6 aromatic rings. The van der Waals surface area contributed by atoms with Gasteiger partial charge in [0.1, 0.15) is 6.61 Å². The topological polar surface area (TPSA) is 139 Å². The monoisotopic (exact) mass is 798 g/mol. The van der Waals surface area contributed by atoms with Crippen LogP contribution in [0.2, 0.25) is 0 Å². The molecular weight excluding hydrogens is 757 g/mol. The molecule has 6 rings (SSSR count). The summed E-state index contributed by atoms with van der Waals surface area (Å²) in [5.74, 6) is -2.82. The van der Waals surface area contributed by atoms with Crippen LogP contribution in [0.15, 0.2) is 164 Å². The van der Waals surface area contributed by atoms with Crippen LogP contribution in [-0.2, 0) is 33.3 Å².